The first kappa shape index (κ1) is 27.0. The molecule has 1 aromatic heterocycles. The van der Waals surface area contributed by atoms with Crippen LogP contribution in [0.15, 0.2) is 42.6 Å². The van der Waals surface area contributed by atoms with Gasteiger partial charge in [0.05, 0.1) is 23.1 Å². The predicted molar refractivity (Wildman–Crippen MR) is 134 cm³/mol. The Bertz CT molecular complexity index is 1270. The highest BCUT2D eigenvalue weighted by molar-refractivity contribution is 6.32. The molecule has 6 nitrogen and oxygen atoms in total. The maximum Gasteiger partial charge on any atom is 0.309 e. The summed E-state index contributed by atoms with van der Waals surface area (Å²) in [6.45, 7) is 1.49. The summed E-state index contributed by atoms with van der Waals surface area (Å²) in [7, 11) is 1.51. The smallest absolute Gasteiger partial charge is 0.309 e. The number of hydrogen-bond acceptors (Lipinski definition) is 5. The summed E-state index contributed by atoms with van der Waals surface area (Å²) < 4.78 is 53.2. The third-order valence-electron chi connectivity index (χ3n) is 7.08. The number of hydrogen-bond donors (Lipinski definition) is 1. The number of aliphatic carboxylic acids is 1. The van der Waals surface area contributed by atoms with Gasteiger partial charge in [-0.15, -0.1) is 0 Å². The van der Waals surface area contributed by atoms with Crippen LogP contribution in [0.4, 0.5) is 13.2 Å². The second-order valence-corrected chi connectivity index (χ2v) is 9.67. The van der Waals surface area contributed by atoms with Gasteiger partial charge in [0.25, 0.3) is 0 Å². The van der Waals surface area contributed by atoms with E-state index in [0.717, 1.165) is 18.2 Å². The van der Waals surface area contributed by atoms with Crippen molar-refractivity contribution in [3.63, 3.8) is 0 Å². The Morgan fingerprint density at radius 2 is 1.97 bits per heavy atom. The lowest BCUT2D eigenvalue weighted by molar-refractivity contribution is -0.153. The molecule has 0 saturated carbocycles. The summed E-state index contributed by atoms with van der Waals surface area (Å²) in [5.41, 5.74) is -0.210. The number of pyridine rings is 1. The minimum Gasteiger partial charge on any atom is -0.497 e. The zero-order chi connectivity index (χ0) is 26.6. The van der Waals surface area contributed by atoms with E-state index in [1.54, 1.807) is 18.2 Å². The van der Waals surface area contributed by atoms with Crippen LogP contribution >= 0.6 is 11.6 Å². The van der Waals surface area contributed by atoms with E-state index >= 15 is 4.39 Å². The summed E-state index contributed by atoms with van der Waals surface area (Å²) in [6.07, 6.45) is 0.733. The van der Waals surface area contributed by atoms with E-state index in [1.165, 1.54) is 13.3 Å². The summed E-state index contributed by atoms with van der Waals surface area (Å²) >= 11 is 6.32. The van der Waals surface area contributed by atoms with Gasteiger partial charge in [0, 0.05) is 29.8 Å². The van der Waals surface area contributed by atoms with Crippen molar-refractivity contribution < 1.29 is 32.5 Å². The van der Waals surface area contributed by atoms with Crippen molar-refractivity contribution in [3.05, 3.63) is 64.8 Å². The van der Waals surface area contributed by atoms with Crippen molar-refractivity contribution in [1.82, 2.24) is 9.88 Å². The van der Waals surface area contributed by atoms with Crippen LogP contribution in [-0.4, -0.2) is 54.3 Å². The van der Waals surface area contributed by atoms with Crippen molar-refractivity contribution in [3.8, 4) is 11.5 Å². The second kappa shape index (κ2) is 11.6. The van der Waals surface area contributed by atoms with E-state index in [2.05, 4.69) is 4.98 Å². The van der Waals surface area contributed by atoms with Crippen LogP contribution in [0.3, 0.4) is 0 Å². The van der Waals surface area contributed by atoms with Crippen LogP contribution in [0.5, 0.6) is 11.5 Å². The SMILES string of the molecule is COc1ccc2ncc(Cl)c([C@@H](F)CCC3(C(=O)O)CCN(CCOc4cc(F)ccc4F)CC3)c2c1. The highest BCUT2D eigenvalue weighted by Crippen LogP contribution is 2.42. The first-order valence-electron chi connectivity index (χ1n) is 12.0. The van der Waals surface area contributed by atoms with Crippen molar-refractivity contribution in [2.45, 2.75) is 31.9 Å². The molecule has 0 radical (unpaired) electrons. The average molecular weight is 537 g/mol. The quantitative estimate of drug-likeness (QED) is 0.332. The third kappa shape index (κ3) is 6.10. The molecule has 0 aliphatic carbocycles. The Morgan fingerprint density at radius 3 is 2.68 bits per heavy atom. The van der Waals surface area contributed by atoms with Gasteiger partial charge in [-0.25, -0.2) is 13.2 Å². The number of rotatable bonds is 10. The molecular formula is C27H28ClF3N2O4. The van der Waals surface area contributed by atoms with Gasteiger partial charge < -0.3 is 14.6 Å². The number of carboxylic acid groups (broad SMARTS) is 1. The van der Waals surface area contributed by atoms with E-state index in [0.29, 0.717) is 49.1 Å². The minimum absolute atomic E-state index is 0.00962. The molecule has 1 atom stereocenters. The molecule has 4 rings (SSSR count). The number of alkyl halides is 1. The maximum absolute atomic E-state index is 15.6. The topological polar surface area (TPSA) is 71.9 Å². The van der Waals surface area contributed by atoms with Crippen LogP contribution in [0.2, 0.25) is 5.02 Å². The highest BCUT2D eigenvalue weighted by atomic mass is 35.5. The van der Waals surface area contributed by atoms with Crippen molar-refractivity contribution in [2.75, 3.05) is 33.4 Å². The Morgan fingerprint density at radius 1 is 1.22 bits per heavy atom. The Balaban J connectivity index is 1.37. The molecule has 1 saturated heterocycles. The molecule has 37 heavy (non-hydrogen) atoms. The van der Waals surface area contributed by atoms with Crippen LogP contribution in [0, 0.1) is 17.0 Å². The monoisotopic (exact) mass is 536 g/mol. The maximum atomic E-state index is 15.6. The number of aromatic nitrogens is 1. The molecule has 3 aromatic rings. The van der Waals surface area contributed by atoms with E-state index in [9.17, 15) is 18.7 Å². The third-order valence-corrected chi connectivity index (χ3v) is 7.38. The van der Waals surface area contributed by atoms with Gasteiger partial charge in [-0.2, -0.15) is 0 Å². The molecule has 0 bridgehead atoms. The molecule has 1 aliphatic rings. The van der Waals surface area contributed by atoms with Gasteiger partial charge in [-0.1, -0.05) is 11.6 Å². The molecule has 2 heterocycles. The molecule has 1 aliphatic heterocycles. The minimum atomic E-state index is -1.48. The van der Waals surface area contributed by atoms with Gasteiger partial charge in [0.1, 0.15) is 24.3 Å². The van der Waals surface area contributed by atoms with Gasteiger partial charge in [-0.3, -0.25) is 14.7 Å². The molecule has 10 heteroatoms. The Labute approximate surface area is 218 Å². The Hall–Kier alpha value is -3.04. The zero-order valence-corrected chi connectivity index (χ0v) is 21.1. The predicted octanol–water partition coefficient (Wildman–Crippen LogP) is 6.21. The molecule has 0 unspecified atom stereocenters. The van der Waals surface area contributed by atoms with Gasteiger partial charge in [0.2, 0.25) is 0 Å². The summed E-state index contributed by atoms with van der Waals surface area (Å²) in [6, 6.07) is 8.14. The molecule has 0 amide bonds. The van der Waals surface area contributed by atoms with Crippen LogP contribution in [0.1, 0.15) is 37.4 Å². The number of carboxylic acids is 1. The first-order chi connectivity index (χ1) is 17.7. The number of likely N-dealkylation sites (tertiary alicyclic amines) is 1. The van der Waals surface area contributed by atoms with Crippen molar-refractivity contribution in [2.24, 2.45) is 5.41 Å². The molecule has 1 N–H and O–H groups in total. The number of fused-ring (bicyclic) bond motifs is 1. The van der Waals surface area contributed by atoms with E-state index in [1.807, 2.05) is 4.90 Å². The van der Waals surface area contributed by atoms with Crippen LogP contribution < -0.4 is 9.47 Å². The van der Waals surface area contributed by atoms with Crippen LogP contribution in [-0.2, 0) is 4.79 Å². The number of halogens is 4. The summed E-state index contributed by atoms with van der Waals surface area (Å²) in [5.74, 6) is -1.81. The Kier molecular flexibility index (Phi) is 8.44. The summed E-state index contributed by atoms with van der Waals surface area (Å²) in [5, 5.41) is 10.8. The standard InChI is InChI=1S/C27H28ClF3N2O4/c1-36-18-3-5-23-19(15-18)25(20(28)16-32-23)22(31)6-7-27(26(34)35)8-10-33(11-9-27)12-13-37-24-14-17(29)2-4-21(24)30/h2-5,14-16,22H,6-13H2,1H3,(H,34,35)/t22-/m0/s1. The number of nitrogens with zero attached hydrogens (tertiary/aromatic N) is 2. The molecule has 0 spiro atoms. The highest BCUT2D eigenvalue weighted by Gasteiger charge is 2.41. The van der Waals surface area contributed by atoms with Gasteiger partial charge in [-0.05, 0) is 69.1 Å². The lowest BCUT2D eigenvalue weighted by Crippen LogP contribution is -2.45. The first-order valence-corrected chi connectivity index (χ1v) is 12.4. The zero-order valence-electron chi connectivity index (χ0n) is 20.4. The number of benzene rings is 2. The molecule has 2 aromatic carbocycles. The number of carbonyl (C=O) groups is 1. The lowest BCUT2D eigenvalue weighted by Gasteiger charge is -2.39. The lowest BCUT2D eigenvalue weighted by atomic mass is 9.74. The molecular weight excluding hydrogens is 509 g/mol. The average Bonchev–Trinajstić information content (AvgIpc) is 2.89. The largest absolute Gasteiger partial charge is 0.497 e. The van der Waals surface area contributed by atoms with E-state index in [4.69, 9.17) is 21.1 Å². The fourth-order valence-corrected chi connectivity index (χ4v) is 5.08. The van der Waals surface area contributed by atoms with Gasteiger partial charge >= 0.3 is 5.97 Å². The molecule has 198 valence electrons. The van der Waals surface area contributed by atoms with Crippen LogP contribution in [0.25, 0.3) is 10.9 Å². The summed E-state index contributed by atoms with van der Waals surface area (Å²) in [4.78, 5) is 18.5. The van der Waals surface area contributed by atoms with E-state index in [-0.39, 0.29) is 35.8 Å². The van der Waals surface area contributed by atoms with E-state index < -0.39 is 29.2 Å². The second-order valence-electron chi connectivity index (χ2n) is 9.26. The van der Waals surface area contributed by atoms with Crippen molar-refractivity contribution in [1.29, 1.82) is 0 Å². The van der Waals surface area contributed by atoms with Gasteiger partial charge in [0.15, 0.2) is 11.6 Å². The number of methoxy groups -OCH3 is 1. The number of ether oxygens (including phenoxy) is 2. The molecule has 1 fully saturated rings. The fourth-order valence-electron chi connectivity index (χ4n) is 4.81. The number of piperidine rings is 1. The fraction of sp³-hybridized carbons (Fsp3) is 0.407. The normalized spacial score (nSPS) is 16.5. The van der Waals surface area contributed by atoms with Crippen molar-refractivity contribution >= 4 is 28.5 Å².